The molecule has 5 rings (SSSR count). The van der Waals surface area contributed by atoms with Gasteiger partial charge in [-0.3, -0.25) is 14.3 Å². The van der Waals surface area contributed by atoms with Crippen LogP contribution in [0.5, 0.6) is 0 Å². The van der Waals surface area contributed by atoms with Crippen molar-refractivity contribution < 1.29 is 9.84 Å². The largest absolute Gasteiger partial charge is 0.391 e. The first kappa shape index (κ1) is 18.0. The summed E-state index contributed by atoms with van der Waals surface area (Å²) in [4.78, 5) is 22.2. The molecule has 4 aromatic rings. The SMILES string of the molecule is O=c1c2cc(Cc3cccnc3)c3ccccc3c2ncn1[C@H]1COCC[C@@H]1O. The predicted molar refractivity (Wildman–Crippen MR) is 111 cm³/mol. The van der Waals surface area contributed by atoms with Crippen LogP contribution < -0.4 is 5.56 Å². The highest BCUT2D eigenvalue weighted by atomic mass is 16.5. The fraction of sp³-hybridized carbons (Fsp3) is 0.261. The molecule has 1 fully saturated rings. The van der Waals surface area contributed by atoms with E-state index >= 15 is 0 Å². The Labute approximate surface area is 167 Å². The maximum atomic E-state index is 13.4. The Hall–Kier alpha value is -3.09. The molecule has 0 spiro atoms. The fourth-order valence-corrected chi connectivity index (χ4v) is 4.13. The predicted octanol–water partition coefficient (Wildman–Crippen LogP) is 2.86. The van der Waals surface area contributed by atoms with Crippen LogP contribution in [0.4, 0.5) is 0 Å². The smallest absolute Gasteiger partial charge is 0.261 e. The number of pyridine rings is 1. The van der Waals surface area contributed by atoms with Crippen molar-refractivity contribution in [1.82, 2.24) is 14.5 Å². The van der Waals surface area contributed by atoms with Crippen molar-refractivity contribution in [2.45, 2.75) is 25.0 Å². The summed E-state index contributed by atoms with van der Waals surface area (Å²) in [7, 11) is 0. The molecule has 6 heteroatoms. The molecular weight excluding hydrogens is 366 g/mol. The highest BCUT2D eigenvalue weighted by Gasteiger charge is 2.27. The number of ether oxygens (including phenoxy) is 1. The second-order valence-corrected chi connectivity index (χ2v) is 7.47. The number of fused-ring (bicyclic) bond motifs is 3. The van der Waals surface area contributed by atoms with Crippen LogP contribution in [0, 0.1) is 0 Å². The van der Waals surface area contributed by atoms with Crippen molar-refractivity contribution in [3.05, 3.63) is 82.7 Å². The molecule has 2 aromatic heterocycles. The van der Waals surface area contributed by atoms with E-state index in [-0.39, 0.29) is 5.56 Å². The van der Waals surface area contributed by atoms with Gasteiger partial charge in [0, 0.05) is 24.4 Å². The molecule has 0 radical (unpaired) electrons. The molecule has 0 bridgehead atoms. The van der Waals surface area contributed by atoms with Gasteiger partial charge in [0.05, 0.1) is 36.0 Å². The number of aromatic nitrogens is 3. The lowest BCUT2D eigenvalue weighted by Gasteiger charge is -2.29. The molecule has 6 nitrogen and oxygen atoms in total. The third-order valence-corrected chi connectivity index (χ3v) is 5.64. The van der Waals surface area contributed by atoms with Crippen LogP contribution in [0.25, 0.3) is 21.7 Å². The Morgan fingerprint density at radius 1 is 1.14 bits per heavy atom. The maximum absolute atomic E-state index is 13.4. The molecule has 0 unspecified atom stereocenters. The second-order valence-electron chi connectivity index (χ2n) is 7.47. The zero-order chi connectivity index (χ0) is 19.8. The van der Waals surface area contributed by atoms with Crippen molar-refractivity contribution in [3.8, 4) is 0 Å². The van der Waals surface area contributed by atoms with Crippen LogP contribution in [0.2, 0.25) is 0 Å². The van der Waals surface area contributed by atoms with Gasteiger partial charge < -0.3 is 9.84 Å². The average molecular weight is 387 g/mol. The van der Waals surface area contributed by atoms with Crippen LogP contribution in [0.3, 0.4) is 0 Å². The topological polar surface area (TPSA) is 77.2 Å². The van der Waals surface area contributed by atoms with Crippen LogP contribution in [-0.2, 0) is 11.2 Å². The van der Waals surface area contributed by atoms with E-state index in [2.05, 4.69) is 16.0 Å². The highest BCUT2D eigenvalue weighted by molar-refractivity contribution is 6.06. The summed E-state index contributed by atoms with van der Waals surface area (Å²) in [5.74, 6) is 0. The molecule has 1 saturated heterocycles. The van der Waals surface area contributed by atoms with Crippen LogP contribution in [0.1, 0.15) is 23.6 Å². The highest BCUT2D eigenvalue weighted by Crippen LogP contribution is 2.28. The zero-order valence-corrected chi connectivity index (χ0v) is 15.9. The maximum Gasteiger partial charge on any atom is 0.261 e. The van der Waals surface area contributed by atoms with Crippen molar-refractivity contribution in [2.75, 3.05) is 13.2 Å². The molecule has 3 heterocycles. The van der Waals surface area contributed by atoms with Gasteiger partial charge in [0.25, 0.3) is 5.56 Å². The van der Waals surface area contributed by atoms with Crippen molar-refractivity contribution in [3.63, 3.8) is 0 Å². The number of aliphatic hydroxyl groups is 1. The minimum atomic E-state index is -0.615. The van der Waals surface area contributed by atoms with Crippen molar-refractivity contribution in [1.29, 1.82) is 0 Å². The van der Waals surface area contributed by atoms with Crippen LogP contribution >= 0.6 is 0 Å². The third kappa shape index (κ3) is 3.20. The van der Waals surface area contributed by atoms with Gasteiger partial charge in [-0.1, -0.05) is 30.3 Å². The van der Waals surface area contributed by atoms with Gasteiger partial charge in [-0.05, 0) is 41.5 Å². The summed E-state index contributed by atoms with van der Waals surface area (Å²) in [6.45, 7) is 0.817. The first-order valence-corrected chi connectivity index (χ1v) is 9.78. The molecule has 0 aliphatic carbocycles. The van der Waals surface area contributed by atoms with Crippen molar-refractivity contribution >= 4 is 21.7 Å². The number of rotatable bonds is 3. The average Bonchev–Trinajstić information content (AvgIpc) is 2.76. The molecule has 29 heavy (non-hydrogen) atoms. The minimum absolute atomic E-state index is 0.150. The number of hydrogen-bond acceptors (Lipinski definition) is 5. The van der Waals surface area contributed by atoms with E-state index in [0.717, 1.165) is 21.9 Å². The Kier molecular flexibility index (Phi) is 4.58. The Morgan fingerprint density at radius 2 is 2.00 bits per heavy atom. The first-order valence-electron chi connectivity index (χ1n) is 9.78. The summed E-state index contributed by atoms with van der Waals surface area (Å²) in [5.41, 5.74) is 2.67. The van der Waals surface area contributed by atoms with E-state index in [1.165, 1.54) is 4.57 Å². The molecule has 2 aromatic carbocycles. The minimum Gasteiger partial charge on any atom is -0.391 e. The second kappa shape index (κ2) is 7.39. The molecule has 2 atom stereocenters. The molecule has 1 aliphatic heterocycles. The molecule has 1 aliphatic rings. The van der Waals surface area contributed by atoms with E-state index < -0.39 is 12.1 Å². The fourth-order valence-electron chi connectivity index (χ4n) is 4.13. The quantitative estimate of drug-likeness (QED) is 0.547. The lowest BCUT2D eigenvalue weighted by atomic mass is 9.96. The standard InChI is InChI=1S/C23H21N3O3/c27-21-7-9-29-13-20(21)26-14-25-22-18-6-2-1-5-17(18)16(11-19(22)23(26)28)10-15-4-3-8-24-12-15/h1-6,8,11-12,14,20-21,27H,7,9-10,13H2/t20-,21-/m0/s1. The number of hydrogen-bond donors (Lipinski definition) is 1. The van der Waals surface area contributed by atoms with Gasteiger partial charge in [-0.15, -0.1) is 0 Å². The lowest BCUT2D eigenvalue weighted by Crippen LogP contribution is -2.39. The Morgan fingerprint density at radius 3 is 2.79 bits per heavy atom. The van der Waals surface area contributed by atoms with E-state index in [0.29, 0.717) is 37.0 Å². The molecule has 146 valence electrons. The van der Waals surface area contributed by atoms with E-state index in [9.17, 15) is 9.90 Å². The summed E-state index contributed by atoms with van der Waals surface area (Å²) >= 11 is 0. The Balaban J connectivity index is 1.72. The number of aliphatic hydroxyl groups excluding tert-OH is 1. The number of benzene rings is 2. The van der Waals surface area contributed by atoms with Gasteiger partial charge in [0.15, 0.2) is 0 Å². The Bertz CT molecular complexity index is 1240. The zero-order valence-electron chi connectivity index (χ0n) is 15.9. The number of nitrogens with zero attached hydrogens (tertiary/aromatic N) is 3. The van der Waals surface area contributed by atoms with Gasteiger partial charge in [-0.25, -0.2) is 4.98 Å². The summed E-state index contributed by atoms with van der Waals surface area (Å²) in [5, 5.41) is 13.0. The molecular formula is C23H21N3O3. The monoisotopic (exact) mass is 387 g/mol. The molecule has 1 N–H and O–H groups in total. The van der Waals surface area contributed by atoms with E-state index in [4.69, 9.17) is 4.74 Å². The molecule has 0 saturated carbocycles. The van der Waals surface area contributed by atoms with Gasteiger partial charge in [0.1, 0.15) is 0 Å². The van der Waals surface area contributed by atoms with Gasteiger partial charge in [0.2, 0.25) is 0 Å². The molecule has 0 amide bonds. The van der Waals surface area contributed by atoms with E-state index in [1.807, 2.05) is 42.6 Å². The first-order chi connectivity index (χ1) is 14.2. The van der Waals surface area contributed by atoms with Crippen LogP contribution in [0.15, 0.2) is 66.0 Å². The van der Waals surface area contributed by atoms with Gasteiger partial charge in [-0.2, -0.15) is 0 Å². The van der Waals surface area contributed by atoms with Gasteiger partial charge >= 0.3 is 0 Å². The lowest BCUT2D eigenvalue weighted by molar-refractivity contribution is -0.0303. The van der Waals surface area contributed by atoms with Crippen LogP contribution in [-0.4, -0.2) is 39.0 Å². The van der Waals surface area contributed by atoms with Crippen molar-refractivity contribution in [2.24, 2.45) is 0 Å². The normalized spacial score (nSPS) is 19.6. The summed E-state index contributed by atoms with van der Waals surface area (Å²) in [6.07, 6.45) is 5.71. The summed E-state index contributed by atoms with van der Waals surface area (Å²) in [6, 6.07) is 13.5. The third-order valence-electron chi connectivity index (χ3n) is 5.64. The summed E-state index contributed by atoms with van der Waals surface area (Å²) < 4.78 is 7.02. The van der Waals surface area contributed by atoms with E-state index in [1.54, 1.807) is 12.5 Å².